The average Bonchev–Trinajstić information content (AvgIpc) is 3.15. The zero-order valence-corrected chi connectivity index (χ0v) is 21.7. The third-order valence-electron chi connectivity index (χ3n) is 6.23. The number of aryl methyl sites for hydroxylation is 3. The van der Waals surface area contributed by atoms with E-state index in [9.17, 15) is 13.2 Å². The van der Waals surface area contributed by atoms with Gasteiger partial charge in [0, 0.05) is 26.7 Å². The molecular formula is C25H31N3O4S2. The highest BCUT2D eigenvalue weighted by atomic mass is 32.2. The minimum absolute atomic E-state index is 0.152. The van der Waals surface area contributed by atoms with Gasteiger partial charge in [0.15, 0.2) is 4.80 Å². The number of methoxy groups -OCH3 is 1. The Morgan fingerprint density at radius 1 is 1.15 bits per heavy atom. The second-order valence-corrected chi connectivity index (χ2v) is 11.8. The van der Waals surface area contributed by atoms with E-state index in [4.69, 9.17) is 4.74 Å². The minimum Gasteiger partial charge on any atom is -0.383 e. The molecule has 1 aliphatic rings. The lowest BCUT2D eigenvalue weighted by Gasteiger charge is -2.30. The molecule has 2 aromatic carbocycles. The van der Waals surface area contributed by atoms with Crippen LogP contribution in [0.5, 0.6) is 0 Å². The number of piperidine rings is 1. The highest BCUT2D eigenvalue weighted by Gasteiger charge is 2.33. The molecule has 0 N–H and O–H groups in total. The van der Waals surface area contributed by atoms with Crippen molar-refractivity contribution in [2.24, 2.45) is 10.9 Å². The Morgan fingerprint density at radius 2 is 1.88 bits per heavy atom. The van der Waals surface area contributed by atoms with Crippen LogP contribution in [0, 0.1) is 26.7 Å². The molecular weight excluding hydrogens is 470 g/mol. The van der Waals surface area contributed by atoms with Gasteiger partial charge in [-0.05, 0) is 62.9 Å². The fourth-order valence-corrected chi connectivity index (χ4v) is 7.04. The first-order valence-electron chi connectivity index (χ1n) is 11.5. The Kier molecular flexibility index (Phi) is 7.37. The predicted molar refractivity (Wildman–Crippen MR) is 134 cm³/mol. The number of benzene rings is 2. The third-order valence-corrected chi connectivity index (χ3v) is 9.34. The summed E-state index contributed by atoms with van der Waals surface area (Å²) in [4.78, 5) is 18.6. The predicted octanol–water partition coefficient (Wildman–Crippen LogP) is 3.80. The molecule has 7 nitrogen and oxygen atoms in total. The Bertz CT molecular complexity index is 1370. The monoisotopic (exact) mass is 501 g/mol. The van der Waals surface area contributed by atoms with Gasteiger partial charge in [-0.1, -0.05) is 35.1 Å². The summed E-state index contributed by atoms with van der Waals surface area (Å²) in [5, 5.41) is 0. The van der Waals surface area contributed by atoms with E-state index in [-0.39, 0.29) is 17.3 Å². The number of fused-ring (bicyclic) bond motifs is 1. The molecule has 1 amide bonds. The van der Waals surface area contributed by atoms with Gasteiger partial charge >= 0.3 is 0 Å². The number of aromatic nitrogens is 1. The van der Waals surface area contributed by atoms with Crippen molar-refractivity contribution in [3.8, 4) is 0 Å². The molecule has 2 heterocycles. The van der Waals surface area contributed by atoms with Crippen molar-refractivity contribution >= 4 is 37.5 Å². The third kappa shape index (κ3) is 5.02. The summed E-state index contributed by atoms with van der Waals surface area (Å²) in [6.45, 7) is 7.69. The Morgan fingerprint density at radius 3 is 2.59 bits per heavy atom. The van der Waals surface area contributed by atoms with Crippen molar-refractivity contribution in [3.63, 3.8) is 0 Å². The number of rotatable bonds is 6. The van der Waals surface area contributed by atoms with Crippen LogP contribution in [-0.2, 0) is 26.1 Å². The van der Waals surface area contributed by atoms with Crippen LogP contribution in [0.4, 0.5) is 0 Å². The van der Waals surface area contributed by atoms with Crippen LogP contribution in [0.1, 0.15) is 29.5 Å². The molecule has 34 heavy (non-hydrogen) atoms. The molecule has 9 heteroatoms. The second-order valence-electron chi connectivity index (χ2n) is 8.92. The van der Waals surface area contributed by atoms with E-state index in [1.54, 1.807) is 31.4 Å². The van der Waals surface area contributed by atoms with Crippen molar-refractivity contribution in [2.75, 3.05) is 26.8 Å². The lowest BCUT2D eigenvalue weighted by molar-refractivity contribution is -0.122. The molecule has 1 unspecified atom stereocenters. The first-order chi connectivity index (χ1) is 16.2. The summed E-state index contributed by atoms with van der Waals surface area (Å²) < 4.78 is 36.1. The molecule has 3 aromatic rings. The minimum atomic E-state index is -3.65. The van der Waals surface area contributed by atoms with Gasteiger partial charge in [0.1, 0.15) is 0 Å². The fourth-order valence-electron chi connectivity index (χ4n) is 4.40. The Balaban J connectivity index is 1.65. The zero-order valence-electron chi connectivity index (χ0n) is 20.1. The SMILES string of the molecule is COCCn1c(=NC(=O)C2CCCN(S(=O)(=O)c3ccc(C)cc3)C2)sc2c(C)cc(C)cc21. The van der Waals surface area contributed by atoms with Crippen LogP contribution in [0.15, 0.2) is 46.3 Å². The summed E-state index contributed by atoms with van der Waals surface area (Å²) in [6, 6.07) is 11.1. The lowest BCUT2D eigenvalue weighted by atomic mass is 9.99. The highest BCUT2D eigenvalue weighted by molar-refractivity contribution is 7.89. The van der Waals surface area contributed by atoms with Crippen molar-refractivity contribution in [1.29, 1.82) is 0 Å². The highest BCUT2D eigenvalue weighted by Crippen LogP contribution is 2.26. The summed E-state index contributed by atoms with van der Waals surface area (Å²) in [5.41, 5.74) is 4.34. The number of nitrogens with zero attached hydrogens (tertiary/aromatic N) is 3. The molecule has 0 aliphatic carbocycles. The van der Waals surface area contributed by atoms with Crippen molar-refractivity contribution in [2.45, 2.75) is 45.1 Å². The average molecular weight is 502 g/mol. The number of hydrogen-bond acceptors (Lipinski definition) is 5. The molecule has 1 aliphatic heterocycles. The van der Waals surface area contributed by atoms with E-state index < -0.39 is 15.9 Å². The van der Waals surface area contributed by atoms with Gasteiger partial charge in [-0.3, -0.25) is 4.79 Å². The van der Waals surface area contributed by atoms with Gasteiger partial charge in [-0.2, -0.15) is 9.30 Å². The van der Waals surface area contributed by atoms with Gasteiger partial charge in [-0.25, -0.2) is 8.42 Å². The van der Waals surface area contributed by atoms with Crippen LogP contribution in [0.25, 0.3) is 10.2 Å². The van der Waals surface area contributed by atoms with Gasteiger partial charge in [0.25, 0.3) is 5.91 Å². The number of amides is 1. The van der Waals surface area contributed by atoms with E-state index in [1.807, 2.05) is 11.5 Å². The largest absolute Gasteiger partial charge is 0.383 e. The first kappa shape index (κ1) is 24.8. The standard InChI is InChI=1S/C25H31N3O4S2/c1-17-7-9-21(10-8-17)34(30,31)27-11-5-6-20(16-27)24(29)26-25-28(12-13-32-4)22-15-18(2)14-19(3)23(22)33-25/h7-10,14-15,20H,5-6,11-13,16H2,1-4H3. The Labute approximate surface area is 204 Å². The van der Waals surface area contributed by atoms with E-state index in [0.29, 0.717) is 37.3 Å². The maximum absolute atomic E-state index is 13.2. The van der Waals surface area contributed by atoms with Crippen molar-refractivity contribution in [1.82, 2.24) is 8.87 Å². The van der Waals surface area contributed by atoms with E-state index in [1.165, 1.54) is 15.6 Å². The maximum atomic E-state index is 13.2. The normalized spacial score (nSPS) is 18.0. The van der Waals surface area contributed by atoms with Crippen LogP contribution < -0.4 is 4.80 Å². The van der Waals surface area contributed by atoms with E-state index in [2.05, 4.69) is 31.0 Å². The molecule has 0 spiro atoms. The molecule has 1 atom stereocenters. The van der Waals surface area contributed by atoms with Gasteiger partial charge in [0.2, 0.25) is 10.0 Å². The van der Waals surface area contributed by atoms with Crippen LogP contribution in [-0.4, -0.2) is 50.0 Å². The number of thiazole rings is 1. The molecule has 4 rings (SSSR count). The first-order valence-corrected chi connectivity index (χ1v) is 13.7. The molecule has 0 saturated carbocycles. The summed E-state index contributed by atoms with van der Waals surface area (Å²) in [7, 11) is -2.00. The quantitative estimate of drug-likeness (QED) is 0.515. The number of hydrogen-bond donors (Lipinski definition) is 0. The Hall–Kier alpha value is -2.33. The molecule has 0 radical (unpaired) electrons. The molecule has 1 aromatic heterocycles. The maximum Gasteiger partial charge on any atom is 0.252 e. The number of ether oxygens (including phenoxy) is 1. The van der Waals surface area contributed by atoms with Gasteiger partial charge < -0.3 is 9.30 Å². The number of carbonyl (C=O) groups is 1. The van der Waals surface area contributed by atoms with E-state index >= 15 is 0 Å². The lowest BCUT2D eigenvalue weighted by Crippen LogP contribution is -2.42. The second kappa shape index (κ2) is 10.1. The summed E-state index contributed by atoms with van der Waals surface area (Å²) >= 11 is 1.49. The van der Waals surface area contributed by atoms with Crippen molar-refractivity contribution < 1.29 is 17.9 Å². The zero-order chi connectivity index (χ0) is 24.5. The van der Waals surface area contributed by atoms with Crippen molar-refractivity contribution in [3.05, 3.63) is 57.9 Å². The number of sulfonamides is 1. The number of carbonyl (C=O) groups excluding carboxylic acids is 1. The summed E-state index contributed by atoms with van der Waals surface area (Å²) in [6.07, 6.45) is 1.26. The fraction of sp³-hybridized carbons (Fsp3) is 0.440. The molecule has 1 fully saturated rings. The molecule has 1 saturated heterocycles. The topological polar surface area (TPSA) is 81.0 Å². The van der Waals surface area contributed by atoms with E-state index in [0.717, 1.165) is 26.9 Å². The van der Waals surface area contributed by atoms with Gasteiger partial charge in [0.05, 0.1) is 27.6 Å². The molecule has 0 bridgehead atoms. The van der Waals surface area contributed by atoms with Crippen LogP contribution >= 0.6 is 11.3 Å². The smallest absolute Gasteiger partial charge is 0.252 e. The summed E-state index contributed by atoms with van der Waals surface area (Å²) in [5.74, 6) is -0.728. The van der Waals surface area contributed by atoms with Crippen LogP contribution in [0.2, 0.25) is 0 Å². The van der Waals surface area contributed by atoms with Crippen LogP contribution in [0.3, 0.4) is 0 Å². The van der Waals surface area contributed by atoms with Gasteiger partial charge in [-0.15, -0.1) is 0 Å². The molecule has 182 valence electrons.